The van der Waals surface area contributed by atoms with Crippen molar-refractivity contribution in [3.8, 4) is 10.6 Å². The topological polar surface area (TPSA) is 33.2 Å². The van der Waals surface area contributed by atoms with Crippen LogP contribution in [0.5, 0.6) is 0 Å². The summed E-state index contributed by atoms with van der Waals surface area (Å²) in [6.07, 6.45) is -3.26. The Hall–Kier alpha value is -1.54. The predicted molar refractivity (Wildman–Crippen MR) is 90.1 cm³/mol. The van der Waals surface area contributed by atoms with Gasteiger partial charge in [0.05, 0.1) is 17.8 Å². The Kier molecular flexibility index (Phi) is 4.87. The third-order valence-electron chi connectivity index (χ3n) is 3.87. The van der Waals surface area contributed by atoms with Gasteiger partial charge in [-0.05, 0) is 17.9 Å². The number of halogens is 3. The van der Waals surface area contributed by atoms with Crippen LogP contribution in [-0.2, 0) is 23.9 Å². The fourth-order valence-electron chi connectivity index (χ4n) is 2.59. The van der Waals surface area contributed by atoms with Crippen LogP contribution >= 0.6 is 24.0 Å². The molecule has 0 saturated carbocycles. The molecule has 0 N–H and O–H groups in total. The second-order valence-corrected chi connectivity index (χ2v) is 7.03. The number of hydrogen-bond acceptors (Lipinski definition) is 4. The molecule has 1 aliphatic heterocycles. The standard InChI is InChI=1S/C16H15F3N2OS2/c17-16(18,19)11-3-1-10(2-4-11)15-20-12-5-7-21(9-13(12)24-15)14(22)6-8-23/h1-4,23H,5-9H2. The Bertz CT molecular complexity index is 741. The highest BCUT2D eigenvalue weighted by Gasteiger charge is 2.30. The molecule has 128 valence electrons. The van der Waals surface area contributed by atoms with Crippen molar-refractivity contribution in [2.24, 2.45) is 0 Å². The molecule has 3 nitrogen and oxygen atoms in total. The molecule has 0 unspecified atom stereocenters. The second-order valence-electron chi connectivity index (χ2n) is 5.50. The quantitative estimate of drug-likeness (QED) is 0.825. The summed E-state index contributed by atoms with van der Waals surface area (Å²) in [7, 11) is 0. The number of fused-ring (bicyclic) bond motifs is 1. The number of carbonyl (C=O) groups excluding carboxylic acids is 1. The summed E-state index contributed by atoms with van der Waals surface area (Å²) in [6.45, 7) is 1.13. The van der Waals surface area contributed by atoms with Crippen LogP contribution in [0.2, 0.25) is 0 Å². The highest BCUT2D eigenvalue weighted by Crippen LogP contribution is 2.34. The van der Waals surface area contributed by atoms with Gasteiger partial charge in [0.25, 0.3) is 0 Å². The molecule has 0 saturated heterocycles. The van der Waals surface area contributed by atoms with Gasteiger partial charge in [0.2, 0.25) is 5.91 Å². The molecule has 0 bridgehead atoms. The van der Waals surface area contributed by atoms with Gasteiger partial charge in [-0.25, -0.2) is 4.98 Å². The van der Waals surface area contributed by atoms with Crippen molar-refractivity contribution in [3.63, 3.8) is 0 Å². The lowest BCUT2D eigenvalue weighted by Crippen LogP contribution is -2.35. The van der Waals surface area contributed by atoms with E-state index in [4.69, 9.17) is 0 Å². The van der Waals surface area contributed by atoms with E-state index in [-0.39, 0.29) is 5.91 Å². The van der Waals surface area contributed by atoms with Crippen LogP contribution in [0.15, 0.2) is 24.3 Å². The molecule has 0 fully saturated rings. The first-order chi connectivity index (χ1) is 11.4. The van der Waals surface area contributed by atoms with Crippen LogP contribution in [0.4, 0.5) is 13.2 Å². The number of thiol groups is 1. The van der Waals surface area contributed by atoms with Gasteiger partial charge < -0.3 is 4.90 Å². The van der Waals surface area contributed by atoms with Gasteiger partial charge in [-0.2, -0.15) is 25.8 Å². The highest BCUT2D eigenvalue weighted by atomic mass is 32.1. The number of thiazole rings is 1. The van der Waals surface area contributed by atoms with Crippen LogP contribution in [0, 0.1) is 0 Å². The average molecular weight is 372 g/mol. The first kappa shape index (κ1) is 17.3. The van der Waals surface area contributed by atoms with E-state index in [0.29, 0.717) is 42.3 Å². The van der Waals surface area contributed by atoms with Crippen molar-refractivity contribution >= 4 is 29.9 Å². The number of hydrogen-bond donors (Lipinski definition) is 1. The van der Waals surface area contributed by atoms with Crippen molar-refractivity contribution in [2.75, 3.05) is 12.3 Å². The summed E-state index contributed by atoms with van der Waals surface area (Å²) >= 11 is 5.51. The molecular weight excluding hydrogens is 357 g/mol. The van der Waals surface area contributed by atoms with Crippen LogP contribution in [0.3, 0.4) is 0 Å². The Labute approximate surface area is 146 Å². The van der Waals surface area contributed by atoms with Crippen molar-refractivity contribution in [1.29, 1.82) is 0 Å². The number of aromatic nitrogens is 1. The minimum atomic E-state index is -4.34. The zero-order chi connectivity index (χ0) is 17.3. The zero-order valence-corrected chi connectivity index (χ0v) is 14.3. The van der Waals surface area contributed by atoms with Crippen molar-refractivity contribution < 1.29 is 18.0 Å². The molecule has 3 rings (SSSR count). The largest absolute Gasteiger partial charge is 0.416 e. The molecular formula is C16H15F3N2OS2. The maximum atomic E-state index is 12.6. The smallest absolute Gasteiger partial charge is 0.337 e. The molecule has 1 aromatic carbocycles. The van der Waals surface area contributed by atoms with Gasteiger partial charge in [-0.3, -0.25) is 4.79 Å². The first-order valence-corrected chi connectivity index (χ1v) is 8.88. The lowest BCUT2D eigenvalue weighted by Gasteiger charge is -2.25. The predicted octanol–water partition coefficient (Wildman–Crippen LogP) is 4.03. The average Bonchev–Trinajstić information content (AvgIpc) is 2.97. The first-order valence-electron chi connectivity index (χ1n) is 7.43. The summed E-state index contributed by atoms with van der Waals surface area (Å²) in [5.41, 5.74) is 0.927. The maximum Gasteiger partial charge on any atom is 0.416 e. The summed E-state index contributed by atoms with van der Waals surface area (Å²) in [4.78, 5) is 19.3. The normalized spacial score (nSPS) is 14.6. The molecule has 0 aliphatic carbocycles. The van der Waals surface area contributed by atoms with Gasteiger partial charge >= 0.3 is 6.18 Å². The summed E-state index contributed by atoms with van der Waals surface area (Å²) in [5, 5.41) is 0.692. The summed E-state index contributed by atoms with van der Waals surface area (Å²) in [6, 6.07) is 5.02. The van der Waals surface area contributed by atoms with Crippen molar-refractivity contribution in [2.45, 2.75) is 25.6 Å². The lowest BCUT2D eigenvalue weighted by atomic mass is 10.1. The lowest BCUT2D eigenvalue weighted by molar-refractivity contribution is -0.137. The molecule has 1 aromatic heterocycles. The Morgan fingerprint density at radius 3 is 2.62 bits per heavy atom. The molecule has 0 atom stereocenters. The highest BCUT2D eigenvalue weighted by molar-refractivity contribution is 7.80. The third-order valence-corrected chi connectivity index (χ3v) is 5.22. The molecule has 2 heterocycles. The Morgan fingerprint density at radius 1 is 1.29 bits per heavy atom. The van der Waals surface area contributed by atoms with E-state index in [0.717, 1.165) is 22.7 Å². The van der Waals surface area contributed by atoms with Crippen molar-refractivity contribution in [1.82, 2.24) is 9.88 Å². The zero-order valence-electron chi connectivity index (χ0n) is 12.6. The van der Waals surface area contributed by atoms with Gasteiger partial charge in [0, 0.05) is 29.8 Å². The Balaban J connectivity index is 1.80. The van der Waals surface area contributed by atoms with Gasteiger partial charge in [0.1, 0.15) is 5.01 Å². The monoisotopic (exact) mass is 372 g/mol. The van der Waals surface area contributed by atoms with E-state index in [1.165, 1.54) is 23.5 Å². The Morgan fingerprint density at radius 2 is 2.00 bits per heavy atom. The van der Waals surface area contributed by atoms with E-state index >= 15 is 0 Å². The third kappa shape index (κ3) is 3.59. The van der Waals surface area contributed by atoms with E-state index in [2.05, 4.69) is 17.6 Å². The van der Waals surface area contributed by atoms with Crippen LogP contribution in [0.1, 0.15) is 22.6 Å². The van der Waals surface area contributed by atoms with Gasteiger partial charge in [-0.1, -0.05) is 12.1 Å². The number of nitrogens with zero attached hydrogens (tertiary/aromatic N) is 2. The molecule has 1 aliphatic rings. The number of alkyl halides is 3. The maximum absolute atomic E-state index is 12.6. The van der Waals surface area contributed by atoms with Crippen LogP contribution in [0.25, 0.3) is 10.6 Å². The van der Waals surface area contributed by atoms with Gasteiger partial charge in [0.15, 0.2) is 0 Å². The summed E-state index contributed by atoms with van der Waals surface area (Å²) < 4.78 is 37.9. The van der Waals surface area contributed by atoms with E-state index in [9.17, 15) is 18.0 Å². The number of rotatable bonds is 3. The van der Waals surface area contributed by atoms with E-state index in [1.54, 1.807) is 4.90 Å². The van der Waals surface area contributed by atoms with E-state index < -0.39 is 11.7 Å². The fraction of sp³-hybridized carbons (Fsp3) is 0.375. The molecule has 24 heavy (non-hydrogen) atoms. The summed E-state index contributed by atoms with van der Waals surface area (Å²) in [5.74, 6) is 0.585. The number of carbonyl (C=O) groups is 1. The van der Waals surface area contributed by atoms with Crippen LogP contribution < -0.4 is 0 Å². The minimum Gasteiger partial charge on any atom is -0.337 e. The molecule has 1 amide bonds. The molecule has 0 radical (unpaired) electrons. The van der Waals surface area contributed by atoms with Gasteiger partial charge in [-0.15, -0.1) is 11.3 Å². The molecule has 0 spiro atoms. The van der Waals surface area contributed by atoms with Crippen molar-refractivity contribution in [3.05, 3.63) is 40.4 Å². The fourth-order valence-corrected chi connectivity index (χ4v) is 3.91. The number of amides is 1. The molecule has 8 heteroatoms. The SMILES string of the molecule is O=C(CCS)N1CCc2nc(-c3ccc(C(F)(F)F)cc3)sc2C1. The second kappa shape index (κ2) is 6.76. The molecule has 2 aromatic rings. The van der Waals surface area contributed by atoms with Crippen LogP contribution in [-0.4, -0.2) is 28.1 Å². The van der Waals surface area contributed by atoms with E-state index in [1.807, 2.05) is 0 Å². The minimum absolute atomic E-state index is 0.0696. The number of benzene rings is 1.